The average Bonchev–Trinajstić information content (AvgIpc) is 2.06. The van der Waals surface area contributed by atoms with Crippen molar-refractivity contribution in [1.29, 1.82) is 0 Å². The molecular weight excluding hydrogens is 200 g/mol. The van der Waals surface area contributed by atoms with E-state index in [-0.39, 0.29) is 0 Å². The number of rotatable bonds is 2. The second kappa shape index (κ2) is 4.35. The molecule has 0 saturated carbocycles. The summed E-state index contributed by atoms with van der Waals surface area (Å²) < 4.78 is 0. The minimum Gasteiger partial charge on any atom is -0.0876 e. The van der Waals surface area contributed by atoms with Crippen molar-refractivity contribution in [1.82, 2.24) is 0 Å². The molecule has 11 heavy (non-hydrogen) atoms. The first-order chi connectivity index (χ1) is 5.38. The Labute approximate surface area is 76.1 Å². The summed E-state index contributed by atoms with van der Waals surface area (Å²) in [6, 6.07) is 8.37. The van der Waals surface area contributed by atoms with Gasteiger partial charge in [-0.3, -0.25) is 0 Å². The van der Waals surface area contributed by atoms with Crippen molar-refractivity contribution < 1.29 is 0 Å². The van der Waals surface area contributed by atoms with Crippen LogP contribution in [0.15, 0.2) is 30.3 Å². The molecule has 0 atom stereocenters. The fourth-order valence-electron chi connectivity index (χ4n) is 0.998. The van der Waals surface area contributed by atoms with Crippen LogP contribution in [0.5, 0.6) is 0 Å². The van der Waals surface area contributed by atoms with Crippen LogP contribution in [0, 0.1) is 0 Å². The second-order valence-electron chi connectivity index (χ2n) is 2.33. The molecule has 0 saturated heterocycles. The lowest BCUT2D eigenvalue weighted by Gasteiger charge is -1.99. The maximum atomic E-state index is 3.44. The number of alkyl halides is 1. The molecule has 1 heteroatoms. The van der Waals surface area contributed by atoms with Crippen LogP contribution in [0.3, 0.4) is 0 Å². The number of hydrogen-bond donors (Lipinski definition) is 0. The third-order valence-electron chi connectivity index (χ3n) is 1.55. The molecule has 0 fully saturated rings. The summed E-state index contributed by atoms with van der Waals surface area (Å²) in [4.78, 5) is 0. The molecule has 0 amide bonds. The Hall–Kier alpha value is -0.560. The molecule has 1 aromatic carbocycles. The van der Waals surface area contributed by atoms with Crippen molar-refractivity contribution in [3.8, 4) is 0 Å². The van der Waals surface area contributed by atoms with Crippen LogP contribution in [-0.2, 0) is 5.33 Å². The average molecular weight is 211 g/mol. The van der Waals surface area contributed by atoms with Gasteiger partial charge in [-0.1, -0.05) is 52.3 Å². The summed E-state index contributed by atoms with van der Waals surface area (Å²) in [6.07, 6.45) is 4.18. The van der Waals surface area contributed by atoms with Gasteiger partial charge in [0.05, 0.1) is 0 Å². The van der Waals surface area contributed by atoms with Gasteiger partial charge in [-0.15, -0.1) is 0 Å². The van der Waals surface area contributed by atoms with Crippen molar-refractivity contribution in [3.63, 3.8) is 0 Å². The van der Waals surface area contributed by atoms with Gasteiger partial charge in [-0.2, -0.15) is 0 Å². The van der Waals surface area contributed by atoms with E-state index in [1.807, 2.05) is 6.92 Å². The van der Waals surface area contributed by atoms with Crippen molar-refractivity contribution in [2.45, 2.75) is 12.3 Å². The summed E-state index contributed by atoms with van der Waals surface area (Å²) in [5, 5.41) is 0.924. The van der Waals surface area contributed by atoms with Crippen LogP contribution in [-0.4, -0.2) is 0 Å². The van der Waals surface area contributed by atoms with Crippen molar-refractivity contribution in [3.05, 3.63) is 41.5 Å². The Bertz CT molecular complexity index is 251. The summed E-state index contributed by atoms with van der Waals surface area (Å²) in [5.41, 5.74) is 2.64. The molecule has 0 aliphatic heterocycles. The van der Waals surface area contributed by atoms with Gasteiger partial charge in [0.15, 0.2) is 0 Å². The maximum Gasteiger partial charge on any atom is 0.0288 e. The predicted molar refractivity (Wildman–Crippen MR) is 53.8 cm³/mol. The highest BCUT2D eigenvalue weighted by Gasteiger charge is 1.93. The van der Waals surface area contributed by atoms with Crippen LogP contribution in [0.4, 0.5) is 0 Å². The molecule has 0 radical (unpaired) electrons. The number of benzene rings is 1. The number of halogens is 1. The van der Waals surface area contributed by atoms with E-state index in [0.29, 0.717) is 0 Å². The summed E-state index contributed by atoms with van der Waals surface area (Å²) in [6.45, 7) is 2.03. The minimum atomic E-state index is 0.924. The molecule has 1 rings (SSSR count). The molecule has 0 aromatic heterocycles. The van der Waals surface area contributed by atoms with Gasteiger partial charge in [-0.05, 0) is 18.1 Å². The minimum absolute atomic E-state index is 0.924. The monoisotopic (exact) mass is 210 g/mol. The number of hydrogen-bond acceptors (Lipinski definition) is 0. The van der Waals surface area contributed by atoms with E-state index in [9.17, 15) is 0 Å². The first-order valence-electron chi connectivity index (χ1n) is 3.65. The van der Waals surface area contributed by atoms with E-state index in [1.54, 1.807) is 0 Å². The molecule has 0 nitrogen and oxygen atoms in total. The van der Waals surface area contributed by atoms with Crippen molar-refractivity contribution in [2.24, 2.45) is 0 Å². The zero-order valence-electron chi connectivity index (χ0n) is 6.55. The Kier molecular flexibility index (Phi) is 3.37. The van der Waals surface area contributed by atoms with Crippen LogP contribution < -0.4 is 0 Å². The van der Waals surface area contributed by atoms with Crippen molar-refractivity contribution >= 4 is 22.0 Å². The number of allylic oxidation sites excluding steroid dienone is 1. The lowest BCUT2D eigenvalue weighted by Crippen LogP contribution is -1.81. The molecule has 0 N–H and O–H groups in total. The molecule has 0 aliphatic carbocycles. The third kappa shape index (κ3) is 2.19. The lowest BCUT2D eigenvalue weighted by atomic mass is 10.1. The van der Waals surface area contributed by atoms with Gasteiger partial charge in [-0.25, -0.2) is 0 Å². The SMILES string of the molecule is CC=Cc1ccccc1CBr. The Balaban J connectivity index is 3.02. The van der Waals surface area contributed by atoms with Crippen LogP contribution in [0.25, 0.3) is 6.08 Å². The second-order valence-corrected chi connectivity index (χ2v) is 2.89. The Morgan fingerprint density at radius 3 is 2.73 bits per heavy atom. The molecule has 1 aromatic rings. The first-order valence-corrected chi connectivity index (χ1v) is 4.77. The predicted octanol–water partition coefficient (Wildman–Crippen LogP) is 3.61. The van der Waals surface area contributed by atoms with Gasteiger partial charge < -0.3 is 0 Å². The smallest absolute Gasteiger partial charge is 0.0288 e. The summed E-state index contributed by atoms with van der Waals surface area (Å²) in [5.74, 6) is 0. The van der Waals surface area contributed by atoms with E-state index in [2.05, 4.69) is 52.3 Å². The van der Waals surface area contributed by atoms with E-state index < -0.39 is 0 Å². The molecular formula is C10H11Br. The molecule has 0 spiro atoms. The van der Waals surface area contributed by atoms with Gasteiger partial charge in [0.25, 0.3) is 0 Å². The standard InChI is InChI=1S/C10H11Br/c1-2-5-9-6-3-4-7-10(9)8-11/h2-7H,8H2,1H3. The largest absolute Gasteiger partial charge is 0.0876 e. The third-order valence-corrected chi connectivity index (χ3v) is 2.15. The molecule has 0 unspecified atom stereocenters. The highest BCUT2D eigenvalue weighted by Crippen LogP contribution is 2.13. The zero-order valence-corrected chi connectivity index (χ0v) is 8.14. The van der Waals surface area contributed by atoms with E-state index in [0.717, 1.165) is 5.33 Å². The quantitative estimate of drug-likeness (QED) is 0.655. The zero-order chi connectivity index (χ0) is 8.10. The molecule has 0 bridgehead atoms. The van der Waals surface area contributed by atoms with Crippen LogP contribution in [0.1, 0.15) is 18.1 Å². The highest BCUT2D eigenvalue weighted by atomic mass is 79.9. The van der Waals surface area contributed by atoms with Gasteiger partial charge in [0, 0.05) is 5.33 Å². The van der Waals surface area contributed by atoms with E-state index >= 15 is 0 Å². The Morgan fingerprint density at radius 1 is 1.36 bits per heavy atom. The summed E-state index contributed by atoms with van der Waals surface area (Å²) >= 11 is 3.44. The first kappa shape index (κ1) is 8.54. The molecule has 58 valence electrons. The van der Waals surface area contributed by atoms with Crippen molar-refractivity contribution in [2.75, 3.05) is 0 Å². The normalized spacial score (nSPS) is 10.7. The fraction of sp³-hybridized carbons (Fsp3) is 0.200. The van der Waals surface area contributed by atoms with E-state index in [4.69, 9.17) is 0 Å². The fourth-order valence-corrected chi connectivity index (χ4v) is 1.51. The highest BCUT2D eigenvalue weighted by molar-refractivity contribution is 9.08. The van der Waals surface area contributed by atoms with Crippen LogP contribution in [0.2, 0.25) is 0 Å². The topological polar surface area (TPSA) is 0 Å². The van der Waals surface area contributed by atoms with Gasteiger partial charge in [0.1, 0.15) is 0 Å². The van der Waals surface area contributed by atoms with E-state index in [1.165, 1.54) is 11.1 Å². The van der Waals surface area contributed by atoms with Crippen LogP contribution >= 0.6 is 15.9 Å². The lowest BCUT2D eigenvalue weighted by molar-refractivity contribution is 1.41. The molecule has 0 aliphatic rings. The van der Waals surface area contributed by atoms with Gasteiger partial charge in [0.2, 0.25) is 0 Å². The molecule has 0 heterocycles. The maximum absolute atomic E-state index is 3.44. The van der Waals surface area contributed by atoms with Gasteiger partial charge >= 0.3 is 0 Å². The summed E-state index contributed by atoms with van der Waals surface area (Å²) in [7, 11) is 0. The Morgan fingerprint density at radius 2 is 2.09 bits per heavy atom.